The minimum atomic E-state index is -0.139. The molecular weight excluding hydrogens is 446 g/mol. The fraction of sp³-hybridized carbons (Fsp3) is 0.300. The predicted molar refractivity (Wildman–Crippen MR) is 113 cm³/mol. The molecule has 0 unspecified atom stereocenters. The number of nitrogens with zero attached hydrogens (tertiary/aromatic N) is 2. The van der Waals surface area contributed by atoms with Gasteiger partial charge in [0.05, 0.1) is 30.4 Å². The first kappa shape index (κ1) is 20.8. The van der Waals surface area contributed by atoms with E-state index in [1.165, 1.54) is 0 Å². The molecule has 148 valence electrons. The Hall–Kier alpha value is -1.93. The number of rotatable bonds is 7. The second-order valence-corrected chi connectivity index (χ2v) is 7.58. The van der Waals surface area contributed by atoms with Gasteiger partial charge in [0.25, 0.3) is 5.91 Å². The van der Waals surface area contributed by atoms with Gasteiger partial charge in [0.15, 0.2) is 0 Å². The fourth-order valence-corrected chi connectivity index (χ4v) is 3.27. The molecule has 1 saturated heterocycles. The van der Waals surface area contributed by atoms with Crippen molar-refractivity contribution >= 4 is 39.7 Å². The van der Waals surface area contributed by atoms with E-state index in [0.29, 0.717) is 31.4 Å². The molecule has 2 aromatic carbocycles. The molecule has 0 radical (unpaired) electrons. The van der Waals surface area contributed by atoms with Crippen molar-refractivity contribution in [3.63, 3.8) is 0 Å². The molecule has 0 saturated carbocycles. The normalized spacial score (nSPS) is 14.9. The van der Waals surface area contributed by atoms with Crippen LogP contribution in [0.5, 0.6) is 5.75 Å². The largest absolute Gasteiger partial charge is 0.488 e. The number of benzene rings is 2. The van der Waals surface area contributed by atoms with E-state index in [-0.39, 0.29) is 5.91 Å². The highest BCUT2D eigenvalue weighted by Gasteiger charge is 2.13. The van der Waals surface area contributed by atoms with Gasteiger partial charge in [-0.25, -0.2) is 5.43 Å². The standard InChI is InChI=1S/C20H21BrClN3O3/c21-18-11-16(12-23-24-20(26)13-25-7-9-27-10-8-25)3-6-19(18)28-14-15-1-4-17(22)5-2-15/h1-6,11-12H,7-10,13-14H2,(H,24,26)/b23-12+. The van der Waals surface area contributed by atoms with Gasteiger partial charge in [-0.2, -0.15) is 5.10 Å². The van der Waals surface area contributed by atoms with E-state index in [4.69, 9.17) is 21.1 Å². The van der Waals surface area contributed by atoms with Gasteiger partial charge in [-0.05, 0) is 57.4 Å². The van der Waals surface area contributed by atoms with E-state index in [1.807, 2.05) is 47.4 Å². The number of morpholine rings is 1. The summed E-state index contributed by atoms with van der Waals surface area (Å²) in [4.78, 5) is 14.0. The third kappa shape index (κ3) is 6.60. The van der Waals surface area contributed by atoms with Crippen LogP contribution in [0.2, 0.25) is 5.02 Å². The number of carbonyl (C=O) groups is 1. The molecule has 2 aromatic rings. The van der Waals surface area contributed by atoms with Gasteiger partial charge >= 0.3 is 0 Å². The Balaban J connectivity index is 1.48. The molecule has 1 aliphatic heterocycles. The molecule has 0 aromatic heterocycles. The quantitative estimate of drug-likeness (QED) is 0.501. The Morgan fingerprint density at radius 2 is 2.00 bits per heavy atom. The molecule has 1 amide bonds. The smallest absolute Gasteiger partial charge is 0.254 e. The second kappa shape index (κ2) is 10.6. The lowest BCUT2D eigenvalue weighted by atomic mass is 10.2. The Morgan fingerprint density at radius 3 is 2.71 bits per heavy atom. The number of amides is 1. The summed E-state index contributed by atoms with van der Waals surface area (Å²) in [5.41, 5.74) is 4.43. The van der Waals surface area contributed by atoms with Gasteiger partial charge in [0, 0.05) is 18.1 Å². The minimum absolute atomic E-state index is 0.139. The Kier molecular flexibility index (Phi) is 7.85. The monoisotopic (exact) mass is 465 g/mol. The summed E-state index contributed by atoms with van der Waals surface area (Å²) in [5.74, 6) is 0.587. The van der Waals surface area contributed by atoms with Crippen molar-refractivity contribution in [2.45, 2.75) is 6.61 Å². The zero-order chi connectivity index (χ0) is 19.8. The van der Waals surface area contributed by atoms with Crippen molar-refractivity contribution in [2.75, 3.05) is 32.8 Å². The molecule has 0 bridgehead atoms. The molecular formula is C20H21BrClN3O3. The summed E-state index contributed by atoms with van der Waals surface area (Å²) in [6, 6.07) is 13.1. The average molecular weight is 467 g/mol. The molecule has 28 heavy (non-hydrogen) atoms. The van der Waals surface area contributed by atoms with E-state index in [0.717, 1.165) is 34.4 Å². The van der Waals surface area contributed by atoms with Crippen LogP contribution in [0.4, 0.5) is 0 Å². The highest BCUT2D eigenvalue weighted by molar-refractivity contribution is 9.10. The molecule has 0 aliphatic carbocycles. The minimum Gasteiger partial charge on any atom is -0.488 e. The van der Waals surface area contributed by atoms with Crippen molar-refractivity contribution in [3.05, 3.63) is 63.1 Å². The molecule has 1 fully saturated rings. The van der Waals surface area contributed by atoms with Gasteiger partial charge < -0.3 is 9.47 Å². The SMILES string of the molecule is O=C(CN1CCOCC1)N/N=C/c1ccc(OCc2ccc(Cl)cc2)c(Br)c1. The maximum absolute atomic E-state index is 11.9. The molecule has 1 heterocycles. The van der Waals surface area contributed by atoms with E-state index in [2.05, 4.69) is 26.5 Å². The molecule has 6 nitrogen and oxygen atoms in total. The van der Waals surface area contributed by atoms with Crippen molar-refractivity contribution in [1.82, 2.24) is 10.3 Å². The van der Waals surface area contributed by atoms with Crippen LogP contribution in [0, 0.1) is 0 Å². The molecule has 1 N–H and O–H groups in total. The maximum Gasteiger partial charge on any atom is 0.254 e. The van der Waals surface area contributed by atoms with E-state index in [9.17, 15) is 4.79 Å². The molecule has 0 spiro atoms. The number of hydrogen-bond donors (Lipinski definition) is 1. The topological polar surface area (TPSA) is 63.2 Å². The first-order valence-corrected chi connectivity index (χ1v) is 10.1. The first-order valence-electron chi connectivity index (χ1n) is 8.89. The lowest BCUT2D eigenvalue weighted by Gasteiger charge is -2.25. The Morgan fingerprint density at radius 1 is 1.25 bits per heavy atom. The summed E-state index contributed by atoms with van der Waals surface area (Å²) in [6.07, 6.45) is 1.60. The molecule has 8 heteroatoms. The van der Waals surface area contributed by atoms with Crippen LogP contribution in [0.15, 0.2) is 52.0 Å². The van der Waals surface area contributed by atoms with Gasteiger partial charge in [0.1, 0.15) is 12.4 Å². The zero-order valence-electron chi connectivity index (χ0n) is 15.2. The number of ether oxygens (including phenoxy) is 2. The lowest BCUT2D eigenvalue weighted by molar-refractivity contribution is -0.123. The van der Waals surface area contributed by atoms with E-state index < -0.39 is 0 Å². The zero-order valence-corrected chi connectivity index (χ0v) is 17.6. The van der Waals surface area contributed by atoms with Crippen LogP contribution in [-0.2, 0) is 16.1 Å². The van der Waals surface area contributed by atoms with Crippen LogP contribution < -0.4 is 10.2 Å². The van der Waals surface area contributed by atoms with Crippen LogP contribution in [-0.4, -0.2) is 49.9 Å². The number of hydrazone groups is 1. The number of halogens is 2. The third-order valence-electron chi connectivity index (χ3n) is 4.14. The highest BCUT2D eigenvalue weighted by atomic mass is 79.9. The van der Waals surface area contributed by atoms with Crippen molar-refractivity contribution in [2.24, 2.45) is 5.10 Å². The molecule has 0 atom stereocenters. The van der Waals surface area contributed by atoms with Gasteiger partial charge in [-0.15, -0.1) is 0 Å². The maximum atomic E-state index is 11.9. The van der Waals surface area contributed by atoms with Crippen LogP contribution >= 0.6 is 27.5 Å². The van der Waals surface area contributed by atoms with Crippen LogP contribution in [0.1, 0.15) is 11.1 Å². The summed E-state index contributed by atoms with van der Waals surface area (Å²) in [7, 11) is 0. The van der Waals surface area contributed by atoms with E-state index in [1.54, 1.807) is 6.21 Å². The lowest BCUT2D eigenvalue weighted by Crippen LogP contribution is -2.42. The van der Waals surface area contributed by atoms with Crippen LogP contribution in [0.25, 0.3) is 0 Å². The van der Waals surface area contributed by atoms with E-state index >= 15 is 0 Å². The van der Waals surface area contributed by atoms with Gasteiger partial charge in [-0.3, -0.25) is 9.69 Å². The molecule has 1 aliphatic rings. The van der Waals surface area contributed by atoms with Gasteiger partial charge in [0.2, 0.25) is 0 Å². The first-order chi connectivity index (χ1) is 13.6. The van der Waals surface area contributed by atoms with Crippen molar-refractivity contribution < 1.29 is 14.3 Å². The summed E-state index contributed by atoms with van der Waals surface area (Å²) in [6.45, 7) is 3.62. The Bertz CT molecular complexity index is 824. The third-order valence-corrected chi connectivity index (χ3v) is 5.01. The summed E-state index contributed by atoms with van der Waals surface area (Å²) >= 11 is 9.39. The summed E-state index contributed by atoms with van der Waals surface area (Å²) in [5, 5.41) is 4.72. The Labute approximate surface area is 177 Å². The van der Waals surface area contributed by atoms with Gasteiger partial charge in [-0.1, -0.05) is 23.7 Å². The average Bonchev–Trinajstić information content (AvgIpc) is 2.69. The van der Waals surface area contributed by atoms with Crippen molar-refractivity contribution in [3.8, 4) is 5.75 Å². The number of nitrogens with one attached hydrogen (secondary N) is 1. The fourth-order valence-electron chi connectivity index (χ4n) is 2.63. The highest BCUT2D eigenvalue weighted by Crippen LogP contribution is 2.26. The predicted octanol–water partition coefficient (Wildman–Crippen LogP) is 3.46. The molecule has 3 rings (SSSR count). The van der Waals surface area contributed by atoms with Crippen molar-refractivity contribution in [1.29, 1.82) is 0 Å². The van der Waals surface area contributed by atoms with Crippen LogP contribution in [0.3, 0.4) is 0 Å². The number of hydrogen-bond acceptors (Lipinski definition) is 5. The second-order valence-electron chi connectivity index (χ2n) is 6.29. The number of carbonyl (C=O) groups excluding carboxylic acids is 1. The summed E-state index contributed by atoms with van der Waals surface area (Å²) < 4.78 is 11.9.